The van der Waals surface area contributed by atoms with Crippen molar-refractivity contribution >= 4 is 12.0 Å². The van der Waals surface area contributed by atoms with Gasteiger partial charge in [0, 0.05) is 19.5 Å². The number of hydrogen-bond acceptors (Lipinski definition) is 2. The van der Waals surface area contributed by atoms with Gasteiger partial charge < -0.3 is 15.7 Å². The molecular weight excluding hydrogens is 220 g/mol. The first-order valence-corrected chi connectivity index (χ1v) is 5.79. The van der Waals surface area contributed by atoms with Gasteiger partial charge in [0.1, 0.15) is 0 Å². The van der Waals surface area contributed by atoms with Gasteiger partial charge in [-0.3, -0.25) is 4.79 Å². The Kier molecular flexibility index (Phi) is 8.57. The summed E-state index contributed by atoms with van der Waals surface area (Å²) < 4.78 is 0. The number of carbonyl (C=O) groups excluding carboxylic acids is 1. The van der Waals surface area contributed by atoms with Gasteiger partial charge in [-0.15, -0.1) is 12.3 Å². The number of carbonyl (C=O) groups is 2. The molecule has 0 aliphatic heterocycles. The Bertz CT molecular complexity index is 284. The normalized spacial score (nSPS) is 11.3. The lowest BCUT2D eigenvalue weighted by atomic mass is 10.1. The fourth-order valence-electron chi connectivity index (χ4n) is 1.24. The van der Waals surface area contributed by atoms with Crippen LogP contribution < -0.4 is 10.6 Å². The highest BCUT2D eigenvalue weighted by molar-refractivity contribution is 5.75. The molecule has 0 bridgehead atoms. The summed E-state index contributed by atoms with van der Waals surface area (Å²) in [6.45, 7) is 2.48. The highest BCUT2D eigenvalue weighted by Crippen LogP contribution is 2.00. The Balaban J connectivity index is 3.59. The van der Waals surface area contributed by atoms with Crippen LogP contribution in [0.5, 0.6) is 0 Å². The summed E-state index contributed by atoms with van der Waals surface area (Å²) in [5.41, 5.74) is 0. The summed E-state index contributed by atoms with van der Waals surface area (Å²) in [6.07, 6.45) is 8.00. The van der Waals surface area contributed by atoms with Crippen LogP contribution in [0.25, 0.3) is 0 Å². The van der Waals surface area contributed by atoms with Crippen molar-refractivity contribution in [2.24, 2.45) is 5.92 Å². The van der Waals surface area contributed by atoms with Crippen LogP contribution in [-0.2, 0) is 4.79 Å². The minimum absolute atomic E-state index is 0.155. The van der Waals surface area contributed by atoms with E-state index in [9.17, 15) is 9.59 Å². The zero-order valence-corrected chi connectivity index (χ0v) is 10.2. The molecule has 0 aromatic rings. The maximum absolute atomic E-state index is 11.3. The summed E-state index contributed by atoms with van der Waals surface area (Å²) >= 11 is 0. The van der Waals surface area contributed by atoms with E-state index in [1.807, 2.05) is 0 Å². The van der Waals surface area contributed by atoms with E-state index in [0.717, 1.165) is 12.8 Å². The van der Waals surface area contributed by atoms with Gasteiger partial charge in [0.05, 0.1) is 5.92 Å². The quantitative estimate of drug-likeness (QED) is 0.440. The van der Waals surface area contributed by atoms with Gasteiger partial charge in [0.2, 0.25) is 0 Å². The Morgan fingerprint density at radius 3 is 2.59 bits per heavy atom. The van der Waals surface area contributed by atoms with E-state index in [2.05, 4.69) is 16.6 Å². The predicted molar refractivity (Wildman–Crippen MR) is 65.5 cm³/mol. The number of unbranched alkanes of at least 4 members (excludes halogenated alkanes) is 2. The van der Waals surface area contributed by atoms with Crippen LogP contribution in [0.3, 0.4) is 0 Å². The standard InChI is InChI=1S/C12H20N2O3/c1-3-5-6-7-8-13-12(17)14-9-10(4-2)11(15)16/h1,10H,4-9H2,2H3,(H,15,16)(H2,13,14,17). The zero-order chi connectivity index (χ0) is 13.1. The maximum Gasteiger partial charge on any atom is 0.314 e. The molecule has 1 atom stereocenters. The minimum atomic E-state index is -0.887. The van der Waals surface area contributed by atoms with Gasteiger partial charge in [0.25, 0.3) is 0 Å². The molecule has 0 fully saturated rings. The van der Waals surface area contributed by atoms with Crippen LogP contribution in [0, 0.1) is 18.3 Å². The fraction of sp³-hybridized carbons (Fsp3) is 0.667. The molecule has 0 aliphatic rings. The maximum atomic E-state index is 11.3. The second-order valence-electron chi connectivity index (χ2n) is 3.74. The third-order valence-electron chi connectivity index (χ3n) is 2.38. The molecule has 0 aromatic carbocycles. The number of nitrogens with one attached hydrogen (secondary N) is 2. The molecule has 0 saturated carbocycles. The zero-order valence-electron chi connectivity index (χ0n) is 10.2. The van der Waals surface area contributed by atoms with E-state index >= 15 is 0 Å². The van der Waals surface area contributed by atoms with Gasteiger partial charge >= 0.3 is 12.0 Å². The average Bonchev–Trinajstić information content (AvgIpc) is 2.29. The third kappa shape index (κ3) is 8.14. The van der Waals surface area contributed by atoms with Crippen LogP contribution in [0.15, 0.2) is 0 Å². The Morgan fingerprint density at radius 1 is 1.35 bits per heavy atom. The second-order valence-corrected chi connectivity index (χ2v) is 3.74. The van der Waals surface area contributed by atoms with E-state index in [1.54, 1.807) is 6.92 Å². The molecule has 0 heterocycles. The molecule has 0 saturated heterocycles. The van der Waals surface area contributed by atoms with Gasteiger partial charge in [-0.1, -0.05) is 6.92 Å². The van der Waals surface area contributed by atoms with Crippen molar-refractivity contribution in [1.82, 2.24) is 10.6 Å². The molecule has 3 N–H and O–H groups in total. The van der Waals surface area contributed by atoms with Crippen molar-refractivity contribution in [3.05, 3.63) is 0 Å². The molecule has 96 valence electrons. The summed E-state index contributed by atoms with van der Waals surface area (Å²) in [4.78, 5) is 21.9. The number of urea groups is 1. The summed E-state index contributed by atoms with van der Waals surface area (Å²) in [6, 6.07) is -0.328. The Labute approximate surface area is 102 Å². The Hall–Kier alpha value is -1.70. The molecule has 0 aromatic heterocycles. The van der Waals surface area contributed by atoms with E-state index < -0.39 is 11.9 Å². The van der Waals surface area contributed by atoms with Crippen LogP contribution in [0.1, 0.15) is 32.6 Å². The lowest BCUT2D eigenvalue weighted by Gasteiger charge is -2.11. The smallest absolute Gasteiger partial charge is 0.314 e. The number of rotatable bonds is 8. The number of amides is 2. The molecule has 0 spiro atoms. The van der Waals surface area contributed by atoms with Gasteiger partial charge in [-0.2, -0.15) is 0 Å². The van der Waals surface area contributed by atoms with Crippen molar-refractivity contribution in [3.8, 4) is 12.3 Å². The van der Waals surface area contributed by atoms with Crippen LogP contribution in [-0.4, -0.2) is 30.2 Å². The molecule has 0 radical (unpaired) electrons. The van der Waals surface area contributed by atoms with Crippen molar-refractivity contribution in [2.75, 3.05) is 13.1 Å². The molecule has 17 heavy (non-hydrogen) atoms. The van der Waals surface area contributed by atoms with Gasteiger partial charge in [-0.05, 0) is 19.3 Å². The predicted octanol–water partition coefficient (Wildman–Crippen LogP) is 1.20. The first kappa shape index (κ1) is 15.3. The highest BCUT2D eigenvalue weighted by atomic mass is 16.4. The summed E-state index contributed by atoms with van der Waals surface area (Å²) in [5, 5.41) is 14.0. The highest BCUT2D eigenvalue weighted by Gasteiger charge is 2.15. The average molecular weight is 240 g/mol. The van der Waals surface area contributed by atoms with Gasteiger partial charge in [0.15, 0.2) is 0 Å². The molecule has 1 unspecified atom stereocenters. The molecule has 0 aliphatic carbocycles. The number of aliphatic carboxylic acids is 1. The van der Waals surface area contributed by atoms with E-state index in [-0.39, 0.29) is 12.6 Å². The topological polar surface area (TPSA) is 78.4 Å². The third-order valence-corrected chi connectivity index (χ3v) is 2.38. The van der Waals surface area contributed by atoms with Crippen LogP contribution >= 0.6 is 0 Å². The number of hydrogen-bond donors (Lipinski definition) is 3. The fourth-order valence-corrected chi connectivity index (χ4v) is 1.24. The lowest BCUT2D eigenvalue weighted by molar-refractivity contribution is -0.141. The number of carboxylic acids is 1. The minimum Gasteiger partial charge on any atom is -0.481 e. The Morgan fingerprint density at radius 2 is 2.06 bits per heavy atom. The first-order valence-electron chi connectivity index (χ1n) is 5.79. The first-order chi connectivity index (χ1) is 8.11. The second kappa shape index (κ2) is 9.52. The van der Waals surface area contributed by atoms with E-state index in [4.69, 9.17) is 11.5 Å². The van der Waals surface area contributed by atoms with Crippen LogP contribution in [0.4, 0.5) is 4.79 Å². The largest absolute Gasteiger partial charge is 0.481 e. The van der Waals surface area contributed by atoms with Crippen molar-refractivity contribution in [1.29, 1.82) is 0 Å². The summed E-state index contributed by atoms with van der Waals surface area (Å²) in [7, 11) is 0. The molecule has 5 nitrogen and oxygen atoms in total. The molecule has 5 heteroatoms. The van der Waals surface area contributed by atoms with Crippen molar-refractivity contribution in [3.63, 3.8) is 0 Å². The van der Waals surface area contributed by atoms with E-state index in [1.165, 1.54) is 0 Å². The number of terminal acetylenes is 1. The molecule has 0 rings (SSSR count). The monoisotopic (exact) mass is 240 g/mol. The van der Waals surface area contributed by atoms with Gasteiger partial charge in [-0.25, -0.2) is 4.79 Å². The molecule has 2 amide bonds. The SMILES string of the molecule is C#CCCCCNC(=O)NCC(CC)C(=O)O. The molecular formula is C12H20N2O3. The summed E-state index contributed by atoms with van der Waals surface area (Å²) in [5.74, 6) is 1.11. The van der Waals surface area contributed by atoms with Crippen molar-refractivity contribution in [2.45, 2.75) is 32.6 Å². The van der Waals surface area contributed by atoms with Crippen LogP contribution in [0.2, 0.25) is 0 Å². The van der Waals surface area contributed by atoms with Crippen molar-refractivity contribution < 1.29 is 14.7 Å². The number of carboxylic acid groups (broad SMARTS) is 1. The lowest BCUT2D eigenvalue weighted by Crippen LogP contribution is -2.40. The van der Waals surface area contributed by atoms with E-state index in [0.29, 0.717) is 19.4 Å².